The molecule has 1 aliphatic carbocycles. The Kier molecular flexibility index (Phi) is 5.93. The van der Waals surface area contributed by atoms with Crippen molar-refractivity contribution in [1.82, 2.24) is 25.1 Å². The summed E-state index contributed by atoms with van der Waals surface area (Å²) in [5.74, 6) is 2.66. The number of nitrogens with one attached hydrogen (secondary N) is 1. The van der Waals surface area contributed by atoms with E-state index < -0.39 is 0 Å². The van der Waals surface area contributed by atoms with Gasteiger partial charge in [-0.3, -0.25) is 0 Å². The molecular weight excluding hydrogens is 430 g/mol. The lowest BCUT2D eigenvalue weighted by Crippen LogP contribution is -2.28. The molecule has 1 unspecified atom stereocenters. The van der Waals surface area contributed by atoms with Gasteiger partial charge >= 0.3 is 0 Å². The molecule has 0 radical (unpaired) electrons. The lowest BCUT2D eigenvalue weighted by Gasteiger charge is -2.27. The van der Waals surface area contributed by atoms with E-state index in [0.29, 0.717) is 30.8 Å². The molecule has 9 heteroatoms. The fourth-order valence-electron chi connectivity index (χ4n) is 4.16. The predicted octanol–water partition coefficient (Wildman–Crippen LogP) is 3.95. The van der Waals surface area contributed by atoms with E-state index in [9.17, 15) is 0 Å². The third-order valence-corrected chi connectivity index (χ3v) is 6.40. The molecule has 3 N–H and O–H groups in total. The van der Waals surface area contributed by atoms with Crippen molar-refractivity contribution in [3.63, 3.8) is 0 Å². The van der Waals surface area contributed by atoms with Gasteiger partial charge in [0.1, 0.15) is 5.82 Å². The normalized spacial score (nSPS) is 15.1. The van der Waals surface area contributed by atoms with Gasteiger partial charge in [-0.25, -0.2) is 15.0 Å². The molecule has 0 aliphatic heterocycles. The van der Waals surface area contributed by atoms with Gasteiger partial charge in [0.2, 0.25) is 5.95 Å². The Morgan fingerprint density at radius 1 is 1.00 bits per heavy atom. The minimum absolute atomic E-state index is 0.266. The number of nitrogens with zero attached hydrogens (tertiary/aromatic N) is 5. The summed E-state index contributed by atoms with van der Waals surface area (Å²) in [4.78, 5) is 17.4. The maximum Gasteiger partial charge on any atom is 0.259 e. The van der Waals surface area contributed by atoms with E-state index in [-0.39, 0.29) is 11.4 Å². The van der Waals surface area contributed by atoms with Crippen molar-refractivity contribution in [3.05, 3.63) is 66.4 Å². The van der Waals surface area contributed by atoms with Crippen LogP contribution < -0.4 is 11.1 Å². The number of benzene rings is 1. The fourth-order valence-corrected chi connectivity index (χ4v) is 4.16. The van der Waals surface area contributed by atoms with Crippen molar-refractivity contribution in [1.29, 1.82) is 0 Å². The van der Waals surface area contributed by atoms with Crippen LogP contribution in [0, 0.1) is 5.92 Å². The van der Waals surface area contributed by atoms with Gasteiger partial charge in [-0.1, -0.05) is 29.4 Å². The summed E-state index contributed by atoms with van der Waals surface area (Å²) in [6.45, 7) is 3.50. The first-order chi connectivity index (χ1) is 16.6. The highest BCUT2D eigenvalue weighted by Crippen LogP contribution is 2.50. The van der Waals surface area contributed by atoms with Crippen LogP contribution in [-0.2, 0) is 10.2 Å². The average Bonchev–Trinajstić information content (AvgIpc) is 3.62. The number of aromatic nitrogens is 5. The number of nitrogen functional groups attached to an aromatic ring is 1. The molecule has 1 fully saturated rings. The molecule has 1 aliphatic rings. The predicted molar refractivity (Wildman–Crippen MR) is 129 cm³/mol. The maximum absolute atomic E-state index is 5.67. The Bertz CT molecular complexity index is 1240. The molecule has 0 spiro atoms. The third-order valence-electron chi connectivity index (χ3n) is 6.40. The van der Waals surface area contributed by atoms with E-state index in [2.05, 4.69) is 56.6 Å². The Morgan fingerprint density at radius 2 is 1.71 bits per heavy atom. The van der Waals surface area contributed by atoms with Gasteiger partial charge in [0, 0.05) is 37.8 Å². The second-order valence-electron chi connectivity index (χ2n) is 8.66. The molecule has 1 aromatic carbocycles. The standard InChI is InChI=1S/C25H27N7O2/c1-25(20-8-9-20,19-6-3-16(4-7-19)18-14-29-24(26)30-15-18)23-31-22(34-32-23)17-5-10-21(28-13-17)27-11-12-33-2/h3-7,10,13-15,20H,8-9,11-12H2,1-2H3,(H,27,28)(H2,26,29,30). The number of hydrogen-bond acceptors (Lipinski definition) is 9. The van der Waals surface area contributed by atoms with E-state index in [1.54, 1.807) is 25.7 Å². The summed E-state index contributed by atoms with van der Waals surface area (Å²) < 4.78 is 10.7. The number of ether oxygens (including phenoxy) is 1. The molecule has 1 saturated carbocycles. The van der Waals surface area contributed by atoms with Crippen molar-refractivity contribution in [2.45, 2.75) is 25.2 Å². The number of nitrogens with two attached hydrogens (primary N) is 1. The van der Waals surface area contributed by atoms with E-state index in [0.717, 1.165) is 40.9 Å². The van der Waals surface area contributed by atoms with Gasteiger partial charge in [-0.15, -0.1) is 0 Å². The number of anilines is 2. The van der Waals surface area contributed by atoms with Crippen LogP contribution in [0.2, 0.25) is 0 Å². The van der Waals surface area contributed by atoms with Crippen LogP contribution in [0.4, 0.5) is 11.8 Å². The third kappa shape index (κ3) is 4.34. The van der Waals surface area contributed by atoms with Gasteiger partial charge in [-0.2, -0.15) is 4.98 Å². The first-order valence-electron chi connectivity index (χ1n) is 11.3. The summed E-state index contributed by atoms with van der Waals surface area (Å²) >= 11 is 0. The summed E-state index contributed by atoms with van der Waals surface area (Å²) in [6, 6.07) is 12.2. The molecule has 0 bridgehead atoms. The topological polar surface area (TPSA) is 125 Å². The molecule has 3 heterocycles. The first kappa shape index (κ1) is 22.0. The molecule has 5 rings (SSSR count). The lowest BCUT2D eigenvalue weighted by molar-refractivity contribution is 0.210. The van der Waals surface area contributed by atoms with Crippen LogP contribution in [-0.4, -0.2) is 45.4 Å². The average molecular weight is 458 g/mol. The highest BCUT2D eigenvalue weighted by atomic mass is 16.5. The first-order valence-corrected chi connectivity index (χ1v) is 11.3. The molecule has 3 aromatic heterocycles. The minimum Gasteiger partial charge on any atom is -0.383 e. The molecular formula is C25H27N7O2. The number of rotatable bonds is 9. The Balaban J connectivity index is 1.39. The largest absolute Gasteiger partial charge is 0.383 e. The molecule has 9 nitrogen and oxygen atoms in total. The second kappa shape index (κ2) is 9.18. The van der Waals surface area contributed by atoms with Crippen LogP contribution in [0.1, 0.15) is 31.2 Å². The highest BCUT2D eigenvalue weighted by molar-refractivity contribution is 5.63. The molecule has 4 aromatic rings. The summed E-state index contributed by atoms with van der Waals surface area (Å²) in [5, 5.41) is 7.60. The van der Waals surface area contributed by atoms with E-state index in [1.165, 1.54) is 0 Å². The molecule has 34 heavy (non-hydrogen) atoms. The Hall–Kier alpha value is -3.85. The van der Waals surface area contributed by atoms with Crippen molar-refractivity contribution in [2.75, 3.05) is 31.3 Å². The van der Waals surface area contributed by atoms with Crippen LogP contribution in [0.5, 0.6) is 0 Å². The zero-order valence-corrected chi connectivity index (χ0v) is 19.2. The SMILES string of the molecule is COCCNc1ccc(-c2nc(C(C)(c3ccc(-c4cnc(N)nc4)cc3)C3CC3)no2)cn1. The molecule has 174 valence electrons. The number of pyridine rings is 1. The van der Waals surface area contributed by atoms with Crippen LogP contribution in [0.3, 0.4) is 0 Å². The van der Waals surface area contributed by atoms with Crippen LogP contribution in [0.25, 0.3) is 22.6 Å². The van der Waals surface area contributed by atoms with E-state index >= 15 is 0 Å². The zero-order valence-electron chi connectivity index (χ0n) is 19.2. The monoisotopic (exact) mass is 457 g/mol. The molecule has 0 saturated heterocycles. The summed E-state index contributed by atoms with van der Waals surface area (Å²) in [7, 11) is 1.67. The summed E-state index contributed by atoms with van der Waals surface area (Å²) in [5.41, 5.74) is 9.15. The summed E-state index contributed by atoms with van der Waals surface area (Å²) in [6.07, 6.45) is 7.48. The van der Waals surface area contributed by atoms with Crippen molar-refractivity contribution >= 4 is 11.8 Å². The van der Waals surface area contributed by atoms with Gasteiger partial charge in [-0.05, 0) is 48.9 Å². The fraction of sp³-hybridized carbons (Fsp3) is 0.320. The van der Waals surface area contributed by atoms with E-state index in [4.69, 9.17) is 20.0 Å². The zero-order chi connectivity index (χ0) is 23.5. The van der Waals surface area contributed by atoms with Crippen molar-refractivity contribution < 1.29 is 9.26 Å². The number of methoxy groups -OCH3 is 1. The lowest BCUT2D eigenvalue weighted by atomic mass is 9.76. The van der Waals surface area contributed by atoms with Gasteiger partial charge in [0.05, 0.1) is 17.6 Å². The second-order valence-corrected chi connectivity index (χ2v) is 8.66. The maximum atomic E-state index is 5.67. The van der Waals surface area contributed by atoms with Crippen molar-refractivity contribution in [3.8, 4) is 22.6 Å². The van der Waals surface area contributed by atoms with Crippen LogP contribution in [0.15, 0.2) is 59.5 Å². The highest BCUT2D eigenvalue weighted by Gasteiger charge is 2.47. The van der Waals surface area contributed by atoms with Gasteiger partial charge < -0.3 is 20.3 Å². The van der Waals surface area contributed by atoms with Crippen molar-refractivity contribution in [2.24, 2.45) is 5.92 Å². The minimum atomic E-state index is -0.340. The number of hydrogen-bond donors (Lipinski definition) is 2. The smallest absolute Gasteiger partial charge is 0.259 e. The Labute approximate surface area is 197 Å². The van der Waals surface area contributed by atoms with Gasteiger partial charge in [0.25, 0.3) is 5.89 Å². The van der Waals surface area contributed by atoms with E-state index in [1.807, 2.05) is 12.1 Å². The quantitative estimate of drug-likeness (QED) is 0.359. The molecule has 1 atom stereocenters. The Morgan fingerprint density at radius 3 is 2.35 bits per heavy atom. The molecule has 0 amide bonds. The van der Waals surface area contributed by atoms with Gasteiger partial charge in [0.15, 0.2) is 5.82 Å². The van der Waals surface area contributed by atoms with Crippen LogP contribution >= 0.6 is 0 Å².